The van der Waals surface area contributed by atoms with Gasteiger partial charge in [0.25, 0.3) is 0 Å². The molecule has 2 aromatic carbocycles. The van der Waals surface area contributed by atoms with Crippen molar-refractivity contribution in [2.45, 2.75) is 18.3 Å². The van der Waals surface area contributed by atoms with Crippen LogP contribution in [-0.4, -0.2) is 18.1 Å². The van der Waals surface area contributed by atoms with Crippen molar-refractivity contribution in [1.82, 2.24) is 0 Å². The van der Waals surface area contributed by atoms with Crippen LogP contribution in [0.25, 0.3) is 0 Å². The van der Waals surface area contributed by atoms with Crippen molar-refractivity contribution in [1.29, 1.82) is 0 Å². The van der Waals surface area contributed by atoms with Crippen molar-refractivity contribution in [2.75, 3.05) is 11.5 Å². The molecule has 0 spiro atoms. The number of anilines is 2. The van der Waals surface area contributed by atoms with E-state index in [1.54, 1.807) is 0 Å². The minimum absolute atomic E-state index is 0.0699. The zero-order valence-electron chi connectivity index (χ0n) is 12.4. The molecule has 0 aliphatic rings. The molecule has 2 rings (SSSR count). The number of carbonyl (C=O) groups is 1. The van der Waals surface area contributed by atoms with Gasteiger partial charge >= 0.3 is 12.4 Å². The normalized spacial score (nSPS) is 12.4. The molecule has 0 heterocycles. The first-order chi connectivity index (χ1) is 11.4. The molecule has 0 saturated heterocycles. The van der Waals surface area contributed by atoms with Gasteiger partial charge in [0, 0.05) is 22.5 Å². The summed E-state index contributed by atoms with van der Waals surface area (Å²) < 4.78 is 77.4. The molecule has 0 amide bonds. The third kappa shape index (κ3) is 4.04. The highest BCUT2D eigenvalue weighted by Gasteiger charge is 2.58. The van der Waals surface area contributed by atoms with Crippen LogP contribution < -0.4 is 11.5 Å². The summed E-state index contributed by atoms with van der Waals surface area (Å²) in [5, 5.41) is 0. The van der Waals surface area contributed by atoms with Crippen LogP contribution in [0.1, 0.15) is 27.4 Å². The van der Waals surface area contributed by atoms with Crippen LogP contribution in [0, 0.1) is 0 Å². The maximum atomic E-state index is 12.9. The molecule has 0 aromatic heterocycles. The van der Waals surface area contributed by atoms with Gasteiger partial charge in [0.05, 0.1) is 0 Å². The number of rotatable bonds is 3. The molecular formula is C16H12F6N2O. The lowest BCUT2D eigenvalue weighted by Gasteiger charge is -2.24. The summed E-state index contributed by atoms with van der Waals surface area (Å²) in [7, 11) is 0. The molecule has 134 valence electrons. The number of carbonyl (C=O) groups excluding carboxylic acids is 1. The Bertz CT molecular complexity index is 767. The van der Waals surface area contributed by atoms with Gasteiger partial charge in [-0.15, -0.1) is 0 Å². The van der Waals surface area contributed by atoms with Crippen LogP contribution in [-0.2, 0) is 0 Å². The summed E-state index contributed by atoms with van der Waals surface area (Å²) in [5.41, 5.74) is 8.95. The molecule has 4 N–H and O–H groups in total. The van der Waals surface area contributed by atoms with E-state index in [0.29, 0.717) is 11.8 Å². The molecule has 3 nitrogen and oxygen atoms in total. The number of hydrogen-bond acceptors (Lipinski definition) is 3. The number of benzene rings is 2. The molecule has 0 radical (unpaired) electrons. The highest BCUT2D eigenvalue weighted by Crippen LogP contribution is 2.48. The lowest BCUT2D eigenvalue weighted by molar-refractivity contribution is -0.253. The number of alkyl halides is 6. The zero-order valence-corrected chi connectivity index (χ0v) is 12.4. The average molecular weight is 362 g/mol. The Balaban J connectivity index is 2.53. The second kappa shape index (κ2) is 6.30. The van der Waals surface area contributed by atoms with Crippen LogP contribution >= 0.6 is 0 Å². The van der Waals surface area contributed by atoms with Crippen LogP contribution in [0.3, 0.4) is 0 Å². The Hall–Kier alpha value is -2.71. The van der Waals surface area contributed by atoms with Gasteiger partial charge in [0.1, 0.15) is 0 Å². The van der Waals surface area contributed by atoms with Gasteiger partial charge in [-0.05, 0) is 48.0 Å². The van der Waals surface area contributed by atoms with E-state index < -0.39 is 35.3 Å². The lowest BCUT2D eigenvalue weighted by atomic mass is 9.92. The van der Waals surface area contributed by atoms with Gasteiger partial charge in [-0.2, -0.15) is 26.3 Å². The first-order valence-electron chi connectivity index (χ1n) is 6.84. The number of nitrogens with two attached hydrogens (primary N) is 2. The first kappa shape index (κ1) is 18.6. The van der Waals surface area contributed by atoms with Gasteiger partial charge in [-0.25, -0.2) is 0 Å². The molecule has 0 aliphatic carbocycles. The van der Waals surface area contributed by atoms with Crippen molar-refractivity contribution < 1.29 is 31.1 Å². The summed E-state index contributed by atoms with van der Waals surface area (Å²) in [6.45, 7) is 0. The molecule has 2 aromatic rings. The van der Waals surface area contributed by atoms with Crippen LogP contribution in [0.4, 0.5) is 37.7 Å². The highest BCUT2D eigenvalue weighted by molar-refractivity contribution is 6.09. The average Bonchev–Trinajstić information content (AvgIpc) is 2.46. The molecule has 0 unspecified atom stereocenters. The number of hydrogen-bond donors (Lipinski definition) is 2. The quantitative estimate of drug-likeness (QED) is 0.486. The molecule has 0 aliphatic heterocycles. The Morgan fingerprint density at radius 2 is 1.28 bits per heavy atom. The van der Waals surface area contributed by atoms with E-state index in [1.165, 1.54) is 24.3 Å². The van der Waals surface area contributed by atoms with Gasteiger partial charge in [0.15, 0.2) is 11.7 Å². The minimum atomic E-state index is -5.60. The minimum Gasteiger partial charge on any atom is -0.399 e. The van der Waals surface area contributed by atoms with Crippen molar-refractivity contribution in [3.63, 3.8) is 0 Å². The predicted octanol–water partition coefficient (Wildman–Crippen LogP) is 4.29. The van der Waals surface area contributed by atoms with Crippen LogP contribution in [0.2, 0.25) is 0 Å². The predicted molar refractivity (Wildman–Crippen MR) is 80.0 cm³/mol. The molecule has 25 heavy (non-hydrogen) atoms. The summed E-state index contributed by atoms with van der Waals surface area (Å²) in [6, 6.07) is 7.86. The maximum Gasteiger partial charge on any atom is 0.404 e. The van der Waals surface area contributed by atoms with Crippen LogP contribution in [0.15, 0.2) is 42.5 Å². The SMILES string of the molecule is Nc1ccc(C(=O)c2ccc(N)c(C(C(F)(F)F)C(F)(F)F)c2)cc1. The second-order valence-electron chi connectivity index (χ2n) is 5.31. The molecular weight excluding hydrogens is 350 g/mol. The molecule has 0 fully saturated rings. The van der Waals surface area contributed by atoms with Gasteiger partial charge < -0.3 is 11.5 Å². The van der Waals surface area contributed by atoms with Gasteiger partial charge in [0.2, 0.25) is 0 Å². The topological polar surface area (TPSA) is 69.1 Å². The van der Waals surface area contributed by atoms with E-state index in [4.69, 9.17) is 11.5 Å². The Kier molecular flexibility index (Phi) is 4.70. The van der Waals surface area contributed by atoms with E-state index in [-0.39, 0.29) is 11.1 Å². The molecule has 9 heteroatoms. The van der Waals surface area contributed by atoms with E-state index in [2.05, 4.69) is 0 Å². The molecule has 0 atom stereocenters. The largest absolute Gasteiger partial charge is 0.404 e. The fraction of sp³-hybridized carbons (Fsp3) is 0.188. The Morgan fingerprint density at radius 1 is 0.800 bits per heavy atom. The van der Waals surface area contributed by atoms with Crippen molar-refractivity contribution >= 4 is 17.2 Å². The third-order valence-corrected chi connectivity index (χ3v) is 3.49. The summed E-state index contributed by atoms with van der Waals surface area (Å²) >= 11 is 0. The van der Waals surface area contributed by atoms with Gasteiger partial charge in [-0.1, -0.05) is 0 Å². The van der Waals surface area contributed by atoms with Crippen molar-refractivity contribution in [2.24, 2.45) is 0 Å². The van der Waals surface area contributed by atoms with Crippen molar-refractivity contribution in [3.05, 3.63) is 59.2 Å². The first-order valence-corrected chi connectivity index (χ1v) is 6.84. The molecule has 0 saturated carbocycles. The summed E-state index contributed by atoms with van der Waals surface area (Å²) in [5.74, 6) is -4.52. The fourth-order valence-corrected chi connectivity index (χ4v) is 2.31. The zero-order chi connectivity index (χ0) is 19.0. The summed E-state index contributed by atoms with van der Waals surface area (Å²) in [6.07, 6.45) is -11.2. The van der Waals surface area contributed by atoms with Gasteiger partial charge in [-0.3, -0.25) is 4.79 Å². The van der Waals surface area contributed by atoms with Crippen LogP contribution in [0.5, 0.6) is 0 Å². The molecule has 0 bridgehead atoms. The van der Waals surface area contributed by atoms with E-state index in [9.17, 15) is 31.1 Å². The number of nitrogen functional groups attached to an aromatic ring is 2. The third-order valence-electron chi connectivity index (χ3n) is 3.49. The Morgan fingerprint density at radius 3 is 1.76 bits per heavy atom. The fourth-order valence-electron chi connectivity index (χ4n) is 2.31. The number of ketones is 1. The highest BCUT2D eigenvalue weighted by atomic mass is 19.4. The van der Waals surface area contributed by atoms with Crippen molar-refractivity contribution in [3.8, 4) is 0 Å². The summed E-state index contributed by atoms with van der Waals surface area (Å²) in [4.78, 5) is 12.3. The smallest absolute Gasteiger partial charge is 0.399 e. The second-order valence-corrected chi connectivity index (χ2v) is 5.31. The Labute approximate surface area is 138 Å². The lowest BCUT2D eigenvalue weighted by Crippen LogP contribution is -2.34. The van der Waals surface area contributed by atoms with E-state index >= 15 is 0 Å². The number of halogens is 6. The monoisotopic (exact) mass is 362 g/mol. The standard InChI is InChI=1S/C16H12F6N2O/c17-15(18,19)14(16(20,21)22)11-7-9(3-6-12(11)24)13(25)8-1-4-10(23)5-2-8/h1-7,14H,23-24H2. The van der Waals surface area contributed by atoms with E-state index in [1.807, 2.05) is 0 Å². The van der Waals surface area contributed by atoms with E-state index in [0.717, 1.165) is 12.1 Å². The maximum absolute atomic E-state index is 12.9.